The van der Waals surface area contributed by atoms with E-state index in [-0.39, 0.29) is 23.9 Å². The number of para-hydroxylation sites is 1. The van der Waals surface area contributed by atoms with Crippen molar-refractivity contribution in [1.29, 1.82) is 0 Å². The number of carbonyl (C=O) groups excluding carboxylic acids is 2. The van der Waals surface area contributed by atoms with Gasteiger partial charge in [-0.3, -0.25) is 4.79 Å². The maximum Gasteiger partial charge on any atom is 0.321 e. The molecule has 1 N–H and O–H groups in total. The number of amides is 3. The Bertz CT molecular complexity index is 823. The summed E-state index contributed by atoms with van der Waals surface area (Å²) < 4.78 is 5.20. The minimum atomic E-state index is -0.184. The van der Waals surface area contributed by atoms with Gasteiger partial charge in [-0.2, -0.15) is 0 Å². The maximum absolute atomic E-state index is 13.1. The Balaban J connectivity index is 1.61. The monoisotopic (exact) mass is 395 g/mol. The van der Waals surface area contributed by atoms with Crippen molar-refractivity contribution in [1.82, 2.24) is 9.80 Å². The fraction of sp³-hybridized carbons (Fsp3) is 0.391. The summed E-state index contributed by atoms with van der Waals surface area (Å²) in [5, 5.41) is 2.91. The summed E-state index contributed by atoms with van der Waals surface area (Å²) in [5.41, 5.74) is 1.81. The van der Waals surface area contributed by atoms with Crippen LogP contribution in [0.25, 0.3) is 0 Å². The normalized spacial score (nSPS) is 17.3. The summed E-state index contributed by atoms with van der Waals surface area (Å²) in [7, 11) is 3.47. The van der Waals surface area contributed by atoms with Gasteiger partial charge in [0.2, 0.25) is 5.91 Å². The highest BCUT2D eigenvalue weighted by Gasteiger charge is 2.31. The highest BCUT2D eigenvalue weighted by atomic mass is 16.5. The predicted octanol–water partition coefficient (Wildman–Crippen LogP) is 4.16. The summed E-state index contributed by atoms with van der Waals surface area (Å²) in [6, 6.07) is 16.9. The Morgan fingerprint density at radius 3 is 2.48 bits per heavy atom. The van der Waals surface area contributed by atoms with Gasteiger partial charge in [0, 0.05) is 25.8 Å². The number of urea groups is 1. The number of nitrogens with zero attached hydrogens (tertiary/aromatic N) is 2. The molecule has 29 heavy (non-hydrogen) atoms. The number of methoxy groups -OCH3 is 1. The lowest BCUT2D eigenvalue weighted by molar-refractivity contribution is -0.137. The molecule has 2 aromatic rings. The molecule has 0 bridgehead atoms. The Morgan fingerprint density at radius 2 is 1.83 bits per heavy atom. The zero-order valence-electron chi connectivity index (χ0n) is 17.3. The minimum absolute atomic E-state index is 0.0538. The number of carbonyl (C=O) groups is 2. The Hall–Kier alpha value is -3.02. The molecular weight excluding hydrogens is 366 g/mol. The SMILES string of the molecule is COc1ccc(C(C)N(C)C(=O)C2CCCN(C(=O)Nc3ccccc3)C2)cc1. The van der Waals surface area contributed by atoms with E-state index in [9.17, 15) is 9.59 Å². The van der Waals surface area contributed by atoms with Gasteiger partial charge in [0.15, 0.2) is 0 Å². The lowest BCUT2D eigenvalue weighted by Gasteiger charge is -2.35. The van der Waals surface area contributed by atoms with E-state index in [2.05, 4.69) is 5.32 Å². The summed E-state index contributed by atoms with van der Waals surface area (Å²) >= 11 is 0. The second-order valence-corrected chi connectivity index (χ2v) is 7.48. The lowest BCUT2D eigenvalue weighted by atomic mass is 9.95. The number of hydrogen-bond donors (Lipinski definition) is 1. The Morgan fingerprint density at radius 1 is 1.14 bits per heavy atom. The number of nitrogens with one attached hydrogen (secondary N) is 1. The van der Waals surface area contributed by atoms with Gasteiger partial charge < -0.3 is 19.9 Å². The highest BCUT2D eigenvalue weighted by molar-refractivity contribution is 5.90. The van der Waals surface area contributed by atoms with Gasteiger partial charge in [-0.05, 0) is 49.6 Å². The topological polar surface area (TPSA) is 61.9 Å². The van der Waals surface area contributed by atoms with E-state index < -0.39 is 0 Å². The molecule has 1 fully saturated rings. The molecule has 1 saturated heterocycles. The predicted molar refractivity (Wildman–Crippen MR) is 114 cm³/mol. The first kappa shape index (κ1) is 20.7. The molecule has 3 amide bonds. The Labute approximate surface area is 172 Å². The fourth-order valence-electron chi connectivity index (χ4n) is 3.67. The van der Waals surface area contributed by atoms with Gasteiger partial charge in [-0.1, -0.05) is 30.3 Å². The molecule has 0 aromatic heterocycles. The average molecular weight is 396 g/mol. The first-order valence-electron chi connectivity index (χ1n) is 10.0. The van der Waals surface area contributed by atoms with Crippen LogP contribution in [0.1, 0.15) is 31.4 Å². The first-order valence-corrected chi connectivity index (χ1v) is 10.0. The van der Waals surface area contributed by atoms with Crippen molar-refractivity contribution in [3.63, 3.8) is 0 Å². The van der Waals surface area contributed by atoms with E-state index in [0.717, 1.165) is 29.8 Å². The van der Waals surface area contributed by atoms with E-state index in [1.165, 1.54) is 0 Å². The molecule has 0 saturated carbocycles. The van der Waals surface area contributed by atoms with Crippen LogP contribution in [0, 0.1) is 5.92 Å². The molecule has 154 valence electrons. The van der Waals surface area contributed by atoms with Crippen LogP contribution < -0.4 is 10.1 Å². The smallest absolute Gasteiger partial charge is 0.321 e. The van der Waals surface area contributed by atoms with Gasteiger partial charge in [-0.25, -0.2) is 4.79 Å². The third kappa shape index (κ3) is 5.08. The van der Waals surface area contributed by atoms with Crippen molar-refractivity contribution in [2.45, 2.75) is 25.8 Å². The lowest BCUT2D eigenvalue weighted by Crippen LogP contribution is -2.47. The zero-order chi connectivity index (χ0) is 20.8. The largest absolute Gasteiger partial charge is 0.497 e. The number of likely N-dealkylation sites (tertiary alicyclic amines) is 1. The van der Waals surface area contributed by atoms with Crippen LogP contribution in [0.4, 0.5) is 10.5 Å². The molecular formula is C23H29N3O3. The minimum Gasteiger partial charge on any atom is -0.497 e. The van der Waals surface area contributed by atoms with Gasteiger partial charge >= 0.3 is 6.03 Å². The van der Waals surface area contributed by atoms with Crippen LogP contribution in [0.3, 0.4) is 0 Å². The van der Waals surface area contributed by atoms with Crippen molar-refractivity contribution in [2.75, 3.05) is 32.6 Å². The van der Waals surface area contributed by atoms with Gasteiger partial charge in [-0.15, -0.1) is 0 Å². The molecule has 2 unspecified atom stereocenters. The molecule has 1 aliphatic rings. The van der Waals surface area contributed by atoms with Crippen LogP contribution >= 0.6 is 0 Å². The number of rotatable bonds is 5. The van der Waals surface area contributed by atoms with Crippen molar-refractivity contribution in [2.24, 2.45) is 5.92 Å². The van der Waals surface area contributed by atoms with Crippen molar-refractivity contribution < 1.29 is 14.3 Å². The quantitative estimate of drug-likeness (QED) is 0.827. The van der Waals surface area contributed by atoms with Crippen LogP contribution in [0.15, 0.2) is 54.6 Å². The fourth-order valence-corrected chi connectivity index (χ4v) is 3.67. The molecule has 2 aromatic carbocycles. The van der Waals surface area contributed by atoms with Crippen molar-refractivity contribution >= 4 is 17.6 Å². The third-order valence-corrected chi connectivity index (χ3v) is 5.61. The van der Waals surface area contributed by atoms with Crippen LogP contribution in [0.5, 0.6) is 5.75 Å². The number of benzene rings is 2. The molecule has 0 aliphatic carbocycles. The zero-order valence-corrected chi connectivity index (χ0v) is 17.3. The molecule has 6 nitrogen and oxygen atoms in total. The van der Waals surface area contributed by atoms with Gasteiger partial charge in [0.1, 0.15) is 5.75 Å². The number of ether oxygens (including phenoxy) is 1. The summed E-state index contributed by atoms with van der Waals surface area (Å²) in [6.45, 7) is 3.12. The Kier molecular flexibility index (Phi) is 6.75. The molecule has 6 heteroatoms. The molecule has 0 radical (unpaired) electrons. The molecule has 1 heterocycles. The second kappa shape index (κ2) is 9.45. The van der Waals surface area contributed by atoms with Crippen LogP contribution in [-0.2, 0) is 4.79 Å². The standard InChI is InChI=1S/C23H29N3O3/c1-17(18-11-13-21(29-3)14-12-18)25(2)22(27)19-8-7-15-26(16-19)23(28)24-20-9-5-4-6-10-20/h4-6,9-14,17,19H,7-8,15-16H2,1-3H3,(H,24,28). The van der Waals surface area contributed by atoms with E-state index in [1.54, 1.807) is 16.9 Å². The van der Waals surface area contributed by atoms with Crippen molar-refractivity contribution in [3.8, 4) is 5.75 Å². The van der Waals surface area contributed by atoms with E-state index in [0.29, 0.717) is 13.1 Å². The molecule has 3 rings (SSSR count). The molecule has 0 spiro atoms. The summed E-state index contributed by atoms with van der Waals surface area (Å²) in [5.74, 6) is 0.684. The first-order chi connectivity index (χ1) is 14.0. The number of anilines is 1. The maximum atomic E-state index is 13.1. The number of hydrogen-bond acceptors (Lipinski definition) is 3. The molecule has 1 aliphatic heterocycles. The molecule has 2 atom stereocenters. The second-order valence-electron chi connectivity index (χ2n) is 7.48. The van der Waals surface area contributed by atoms with E-state index >= 15 is 0 Å². The van der Waals surface area contributed by atoms with Gasteiger partial charge in [0.25, 0.3) is 0 Å². The summed E-state index contributed by atoms with van der Waals surface area (Å²) in [6.07, 6.45) is 1.62. The summed E-state index contributed by atoms with van der Waals surface area (Å²) in [4.78, 5) is 29.2. The number of piperidine rings is 1. The third-order valence-electron chi connectivity index (χ3n) is 5.61. The average Bonchev–Trinajstić information content (AvgIpc) is 2.78. The van der Waals surface area contributed by atoms with E-state index in [4.69, 9.17) is 4.74 Å². The van der Waals surface area contributed by atoms with Crippen LogP contribution in [0.2, 0.25) is 0 Å². The highest BCUT2D eigenvalue weighted by Crippen LogP contribution is 2.26. The van der Waals surface area contributed by atoms with E-state index in [1.807, 2.05) is 68.6 Å². The van der Waals surface area contributed by atoms with Crippen molar-refractivity contribution in [3.05, 3.63) is 60.2 Å². The van der Waals surface area contributed by atoms with Gasteiger partial charge in [0.05, 0.1) is 19.1 Å². The van der Waals surface area contributed by atoms with Crippen LogP contribution in [-0.4, -0.2) is 49.0 Å².